The number of allylic oxidation sites excluding steroid dienone is 1. The summed E-state index contributed by atoms with van der Waals surface area (Å²) in [5.74, 6) is -0.101. The molecule has 2 N–H and O–H groups in total. The van der Waals surface area contributed by atoms with E-state index in [9.17, 15) is 9.90 Å². The number of nitrogens with zero attached hydrogens (tertiary/aromatic N) is 1. The molecule has 128 valence electrons. The molecule has 1 aromatic carbocycles. The molecule has 6 heteroatoms. The predicted octanol–water partition coefficient (Wildman–Crippen LogP) is 2.60. The van der Waals surface area contributed by atoms with Crippen molar-refractivity contribution in [1.29, 1.82) is 0 Å². The van der Waals surface area contributed by atoms with Crippen LogP contribution in [0.15, 0.2) is 42.2 Å². The number of hydrogen-bond donors (Lipinski definition) is 2. The molecular formula is C18H21ClN2O3. The van der Waals surface area contributed by atoms with E-state index < -0.39 is 0 Å². The first-order chi connectivity index (χ1) is 11.6. The van der Waals surface area contributed by atoms with E-state index in [0.29, 0.717) is 16.6 Å². The van der Waals surface area contributed by atoms with E-state index in [-0.39, 0.29) is 18.1 Å². The largest absolute Gasteiger partial charge is 0.508 e. The molecule has 0 aromatic heterocycles. The molecule has 0 saturated carbocycles. The fourth-order valence-electron chi connectivity index (χ4n) is 2.96. The summed E-state index contributed by atoms with van der Waals surface area (Å²) in [6.07, 6.45) is 8.10. The van der Waals surface area contributed by atoms with Crippen molar-refractivity contribution < 1.29 is 14.6 Å². The molecule has 0 unspecified atom stereocenters. The van der Waals surface area contributed by atoms with Crippen LogP contribution in [-0.4, -0.2) is 41.7 Å². The van der Waals surface area contributed by atoms with Crippen LogP contribution < -0.4 is 5.32 Å². The second kappa shape index (κ2) is 7.73. The van der Waals surface area contributed by atoms with Crippen molar-refractivity contribution in [3.05, 3.63) is 52.8 Å². The van der Waals surface area contributed by atoms with Crippen molar-refractivity contribution in [2.75, 3.05) is 19.8 Å². The molecule has 2 aliphatic rings. The fraction of sp³-hybridized carbons (Fsp3) is 0.389. The third-order valence-electron chi connectivity index (χ3n) is 4.30. The van der Waals surface area contributed by atoms with Crippen LogP contribution in [0.5, 0.6) is 5.75 Å². The van der Waals surface area contributed by atoms with E-state index in [1.54, 1.807) is 12.1 Å². The zero-order chi connectivity index (χ0) is 16.9. The molecule has 24 heavy (non-hydrogen) atoms. The monoisotopic (exact) mass is 348 g/mol. The zero-order valence-electron chi connectivity index (χ0n) is 13.4. The van der Waals surface area contributed by atoms with Gasteiger partial charge in [0.1, 0.15) is 5.75 Å². The van der Waals surface area contributed by atoms with E-state index >= 15 is 0 Å². The van der Waals surface area contributed by atoms with Crippen LogP contribution in [0.1, 0.15) is 18.4 Å². The van der Waals surface area contributed by atoms with Gasteiger partial charge in [0.15, 0.2) is 0 Å². The minimum Gasteiger partial charge on any atom is -0.508 e. The molecule has 2 heterocycles. The second-order valence-electron chi connectivity index (χ2n) is 6.01. The average molecular weight is 349 g/mol. The molecule has 5 nitrogen and oxygen atoms in total. The highest BCUT2D eigenvalue weighted by molar-refractivity contribution is 6.30. The molecule has 0 aliphatic carbocycles. The highest BCUT2D eigenvalue weighted by Gasteiger charge is 2.20. The highest BCUT2D eigenvalue weighted by Crippen LogP contribution is 2.22. The Morgan fingerprint density at radius 1 is 1.38 bits per heavy atom. The summed E-state index contributed by atoms with van der Waals surface area (Å²) in [6.45, 7) is 2.40. The molecule has 3 rings (SSSR count). The van der Waals surface area contributed by atoms with Gasteiger partial charge in [-0.2, -0.15) is 0 Å². The van der Waals surface area contributed by atoms with Gasteiger partial charge in [0.05, 0.1) is 6.42 Å². The van der Waals surface area contributed by atoms with Crippen molar-refractivity contribution in [3.63, 3.8) is 0 Å². The normalized spacial score (nSPS) is 18.4. The maximum atomic E-state index is 12.2. The third-order valence-corrected chi connectivity index (χ3v) is 4.54. The third kappa shape index (κ3) is 4.30. The van der Waals surface area contributed by atoms with E-state index in [1.807, 2.05) is 18.4 Å². The maximum Gasteiger partial charge on any atom is 0.228 e. The van der Waals surface area contributed by atoms with Gasteiger partial charge < -0.3 is 20.1 Å². The summed E-state index contributed by atoms with van der Waals surface area (Å²) >= 11 is 5.90. The number of hydrogen-bond acceptors (Lipinski definition) is 4. The molecule has 0 radical (unpaired) electrons. The summed E-state index contributed by atoms with van der Waals surface area (Å²) in [6, 6.07) is 5.20. The molecule has 1 saturated heterocycles. The Hall–Kier alpha value is -1.98. The topological polar surface area (TPSA) is 61.8 Å². The first-order valence-corrected chi connectivity index (χ1v) is 8.49. The number of carbonyl (C=O) groups excluding carboxylic acids is 1. The average Bonchev–Trinajstić information content (AvgIpc) is 2.59. The van der Waals surface area contributed by atoms with Gasteiger partial charge in [-0.15, -0.1) is 0 Å². The number of benzene rings is 1. The molecule has 0 atom stereocenters. The Kier molecular flexibility index (Phi) is 5.43. The lowest BCUT2D eigenvalue weighted by molar-refractivity contribution is -0.119. The van der Waals surface area contributed by atoms with Gasteiger partial charge in [0.2, 0.25) is 5.91 Å². The summed E-state index contributed by atoms with van der Waals surface area (Å²) in [7, 11) is 0. The van der Waals surface area contributed by atoms with Crippen LogP contribution in [0.4, 0.5) is 0 Å². The molecular weight excluding hydrogens is 328 g/mol. The Morgan fingerprint density at radius 2 is 2.17 bits per heavy atom. The molecule has 2 aliphatic heterocycles. The Bertz CT molecular complexity index is 666. The molecule has 1 fully saturated rings. The van der Waals surface area contributed by atoms with Gasteiger partial charge in [-0.25, -0.2) is 0 Å². The van der Waals surface area contributed by atoms with Crippen molar-refractivity contribution in [2.45, 2.75) is 25.3 Å². The van der Waals surface area contributed by atoms with E-state index in [1.165, 1.54) is 6.07 Å². The Morgan fingerprint density at radius 3 is 2.88 bits per heavy atom. The molecule has 1 aromatic rings. The number of amides is 1. The molecule has 1 amide bonds. The van der Waals surface area contributed by atoms with Gasteiger partial charge >= 0.3 is 0 Å². The Balaban J connectivity index is 1.53. The van der Waals surface area contributed by atoms with Gasteiger partial charge in [-0.1, -0.05) is 11.6 Å². The Labute approximate surface area is 146 Å². The van der Waals surface area contributed by atoms with Gasteiger partial charge in [0, 0.05) is 48.3 Å². The number of phenolic OH excluding ortho intramolecular Hbond substituents is 1. The number of carbonyl (C=O) groups is 1. The van der Waals surface area contributed by atoms with E-state index in [2.05, 4.69) is 10.2 Å². The first kappa shape index (κ1) is 16.9. The minimum absolute atomic E-state index is 0.0772. The number of aromatic hydroxyl groups is 1. The lowest BCUT2D eigenvalue weighted by atomic mass is 10.1. The van der Waals surface area contributed by atoms with Crippen LogP contribution in [0.3, 0.4) is 0 Å². The highest BCUT2D eigenvalue weighted by atomic mass is 35.5. The maximum absolute atomic E-state index is 12.2. The number of ether oxygens (including phenoxy) is 1. The van der Waals surface area contributed by atoms with E-state index in [0.717, 1.165) is 38.3 Å². The van der Waals surface area contributed by atoms with Gasteiger partial charge in [-0.3, -0.25) is 4.79 Å². The number of nitrogens with one attached hydrogen (secondary N) is 1. The number of rotatable bonds is 4. The van der Waals surface area contributed by atoms with Gasteiger partial charge in [0.25, 0.3) is 0 Å². The summed E-state index contributed by atoms with van der Waals surface area (Å²) in [5, 5.41) is 13.2. The minimum atomic E-state index is -0.178. The van der Waals surface area contributed by atoms with Crippen LogP contribution in [0, 0.1) is 0 Å². The summed E-state index contributed by atoms with van der Waals surface area (Å²) in [5.41, 5.74) is 1.30. The lowest BCUT2D eigenvalue weighted by Crippen LogP contribution is -2.38. The smallest absolute Gasteiger partial charge is 0.228 e. The number of halogens is 1. The van der Waals surface area contributed by atoms with Crippen molar-refractivity contribution in [2.24, 2.45) is 0 Å². The van der Waals surface area contributed by atoms with Crippen LogP contribution in [0.25, 0.3) is 0 Å². The molecule has 0 spiro atoms. The fourth-order valence-corrected chi connectivity index (χ4v) is 3.16. The zero-order valence-corrected chi connectivity index (χ0v) is 14.1. The van der Waals surface area contributed by atoms with Crippen molar-refractivity contribution in [1.82, 2.24) is 10.2 Å². The first-order valence-electron chi connectivity index (χ1n) is 8.11. The molecule has 0 bridgehead atoms. The number of phenols is 1. The predicted molar refractivity (Wildman–Crippen MR) is 92.7 cm³/mol. The second-order valence-corrected chi connectivity index (χ2v) is 6.45. The lowest BCUT2D eigenvalue weighted by Gasteiger charge is -2.34. The van der Waals surface area contributed by atoms with Crippen LogP contribution >= 0.6 is 11.6 Å². The summed E-state index contributed by atoms with van der Waals surface area (Å²) in [4.78, 5) is 14.4. The van der Waals surface area contributed by atoms with Crippen LogP contribution in [-0.2, 0) is 16.0 Å². The standard InChI is InChI=1S/C18H21ClN2O3/c19-14-1-2-17(22)13(11-14)12-18(23)20-15-3-7-21(8-4-15)16-5-9-24-10-6-16/h1-4,7,11,16,22H,5-6,8-10,12H2,(H,20,23). The SMILES string of the molecule is O=C(Cc1cc(Cl)ccc1O)NC1=CCN(C2CCOCC2)C=C1. The van der Waals surface area contributed by atoms with Crippen molar-refractivity contribution in [3.8, 4) is 5.75 Å². The van der Waals surface area contributed by atoms with Crippen LogP contribution in [0.2, 0.25) is 5.02 Å². The van der Waals surface area contributed by atoms with Crippen molar-refractivity contribution >= 4 is 17.5 Å². The quantitative estimate of drug-likeness (QED) is 0.878. The summed E-state index contributed by atoms with van der Waals surface area (Å²) < 4.78 is 5.39. The van der Waals surface area contributed by atoms with E-state index in [4.69, 9.17) is 16.3 Å². The van der Waals surface area contributed by atoms with Gasteiger partial charge in [-0.05, 0) is 43.2 Å².